The lowest BCUT2D eigenvalue weighted by molar-refractivity contribution is 0.0827. The van der Waals surface area contributed by atoms with Gasteiger partial charge in [-0.25, -0.2) is 0 Å². The summed E-state index contributed by atoms with van der Waals surface area (Å²) >= 11 is 0. The van der Waals surface area contributed by atoms with Gasteiger partial charge in [-0.2, -0.15) is 5.26 Å². The molecule has 1 aliphatic heterocycles. The van der Waals surface area contributed by atoms with E-state index >= 15 is 0 Å². The number of nitriles is 1. The van der Waals surface area contributed by atoms with Gasteiger partial charge in [0.15, 0.2) is 0 Å². The van der Waals surface area contributed by atoms with Crippen LogP contribution in [-0.2, 0) is 4.74 Å². The van der Waals surface area contributed by atoms with E-state index in [1.807, 2.05) is 6.07 Å². The van der Waals surface area contributed by atoms with Crippen LogP contribution in [0.1, 0.15) is 35.7 Å². The maximum Gasteiger partial charge on any atom is 0.251 e. The van der Waals surface area contributed by atoms with Crippen LogP contribution in [0.3, 0.4) is 0 Å². The van der Waals surface area contributed by atoms with Crippen LogP contribution < -0.4 is 5.32 Å². The molecule has 100 valence electrons. The Kier molecular flexibility index (Phi) is 4.53. The van der Waals surface area contributed by atoms with Crippen LogP contribution in [0.5, 0.6) is 0 Å². The van der Waals surface area contributed by atoms with Crippen molar-refractivity contribution in [2.75, 3.05) is 13.2 Å². The Morgan fingerprint density at radius 2 is 2.42 bits per heavy atom. The molecule has 4 heteroatoms. The molecule has 0 aromatic heterocycles. The summed E-state index contributed by atoms with van der Waals surface area (Å²) in [5.74, 6) is 0.270. The van der Waals surface area contributed by atoms with Crippen molar-refractivity contribution in [1.29, 1.82) is 5.26 Å². The van der Waals surface area contributed by atoms with Gasteiger partial charge in [-0.15, -0.1) is 0 Å². The van der Waals surface area contributed by atoms with Crippen LogP contribution in [-0.4, -0.2) is 25.2 Å². The number of hydrogen-bond acceptors (Lipinski definition) is 3. The van der Waals surface area contributed by atoms with Crippen LogP contribution in [0.2, 0.25) is 0 Å². The SMILES string of the molecule is CCC1OCCC1CNC(=O)c1cccc(C#N)c1. The molecule has 0 saturated carbocycles. The number of hydrogen-bond donors (Lipinski definition) is 1. The molecule has 1 saturated heterocycles. The van der Waals surface area contributed by atoms with Gasteiger partial charge in [0.2, 0.25) is 0 Å². The van der Waals surface area contributed by atoms with Gasteiger partial charge in [-0.3, -0.25) is 4.79 Å². The topological polar surface area (TPSA) is 62.1 Å². The van der Waals surface area contributed by atoms with E-state index < -0.39 is 0 Å². The predicted octanol–water partition coefficient (Wildman–Crippen LogP) is 2.10. The lowest BCUT2D eigenvalue weighted by Crippen LogP contribution is -2.32. The summed E-state index contributed by atoms with van der Waals surface area (Å²) in [6.45, 7) is 3.51. The highest BCUT2D eigenvalue weighted by Crippen LogP contribution is 2.22. The Hall–Kier alpha value is -1.86. The van der Waals surface area contributed by atoms with Gasteiger partial charge >= 0.3 is 0 Å². The van der Waals surface area contributed by atoms with E-state index in [0.717, 1.165) is 19.4 Å². The molecule has 1 aromatic rings. The van der Waals surface area contributed by atoms with Crippen molar-refractivity contribution in [2.45, 2.75) is 25.9 Å². The number of carbonyl (C=O) groups excluding carboxylic acids is 1. The third kappa shape index (κ3) is 3.33. The highest BCUT2D eigenvalue weighted by Gasteiger charge is 2.26. The Bertz CT molecular complexity index is 493. The molecule has 0 aliphatic carbocycles. The van der Waals surface area contributed by atoms with Crippen molar-refractivity contribution in [3.05, 3.63) is 35.4 Å². The first-order chi connectivity index (χ1) is 9.24. The Balaban J connectivity index is 1.92. The van der Waals surface area contributed by atoms with E-state index in [2.05, 4.69) is 12.2 Å². The molecule has 2 unspecified atom stereocenters. The van der Waals surface area contributed by atoms with E-state index in [1.54, 1.807) is 24.3 Å². The van der Waals surface area contributed by atoms with Crippen molar-refractivity contribution in [1.82, 2.24) is 5.32 Å². The smallest absolute Gasteiger partial charge is 0.251 e. The van der Waals surface area contributed by atoms with Gasteiger partial charge in [-0.05, 0) is 31.0 Å². The first kappa shape index (κ1) is 13.6. The zero-order chi connectivity index (χ0) is 13.7. The number of amides is 1. The molecule has 0 radical (unpaired) electrons. The Morgan fingerprint density at radius 3 is 3.16 bits per heavy atom. The summed E-state index contributed by atoms with van der Waals surface area (Å²) in [5, 5.41) is 11.7. The van der Waals surface area contributed by atoms with Crippen molar-refractivity contribution in [2.24, 2.45) is 5.92 Å². The third-order valence-corrected chi connectivity index (χ3v) is 3.53. The molecule has 0 spiro atoms. The summed E-state index contributed by atoms with van der Waals surface area (Å²) in [7, 11) is 0. The second kappa shape index (κ2) is 6.35. The van der Waals surface area contributed by atoms with E-state index in [9.17, 15) is 4.79 Å². The predicted molar refractivity (Wildman–Crippen MR) is 71.6 cm³/mol. The number of carbonyl (C=O) groups is 1. The fraction of sp³-hybridized carbons (Fsp3) is 0.467. The quantitative estimate of drug-likeness (QED) is 0.899. The molecule has 2 rings (SSSR count). The molecule has 2 atom stereocenters. The van der Waals surface area contributed by atoms with Gasteiger partial charge in [0.1, 0.15) is 0 Å². The van der Waals surface area contributed by atoms with E-state index in [1.165, 1.54) is 0 Å². The Morgan fingerprint density at radius 1 is 1.58 bits per heavy atom. The molecular weight excluding hydrogens is 240 g/mol. The van der Waals surface area contributed by atoms with Crippen molar-refractivity contribution < 1.29 is 9.53 Å². The average molecular weight is 258 g/mol. The lowest BCUT2D eigenvalue weighted by atomic mass is 9.99. The molecule has 19 heavy (non-hydrogen) atoms. The average Bonchev–Trinajstić information content (AvgIpc) is 2.92. The Labute approximate surface area is 113 Å². The number of nitrogens with one attached hydrogen (secondary N) is 1. The van der Waals surface area contributed by atoms with Gasteiger partial charge in [-0.1, -0.05) is 13.0 Å². The number of rotatable bonds is 4. The highest BCUT2D eigenvalue weighted by atomic mass is 16.5. The monoisotopic (exact) mass is 258 g/mol. The fourth-order valence-electron chi connectivity index (χ4n) is 2.43. The molecule has 4 nitrogen and oxygen atoms in total. The molecule has 1 aliphatic rings. The number of nitrogens with zero attached hydrogens (tertiary/aromatic N) is 1. The summed E-state index contributed by atoms with van der Waals surface area (Å²) in [6.07, 6.45) is 2.23. The van der Waals surface area contributed by atoms with Crippen LogP contribution >= 0.6 is 0 Å². The minimum absolute atomic E-state index is 0.126. The van der Waals surface area contributed by atoms with Crippen molar-refractivity contribution >= 4 is 5.91 Å². The van der Waals surface area contributed by atoms with Gasteiger partial charge in [0, 0.05) is 24.6 Å². The van der Waals surface area contributed by atoms with Crippen LogP contribution in [0.25, 0.3) is 0 Å². The first-order valence-electron chi connectivity index (χ1n) is 6.64. The van der Waals surface area contributed by atoms with E-state index in [4.69, 9.17) is 10.00 Å². The van der Waals surface area contributed by atoms with Gasteiger partial charge < -0.3 is 10.1 Å². The normalized spacial score (nSPS) is 21.9. The fourth-order valence-corrected chi connectivity index (χ4v) is 2.43. The standard InChI is InChI=1S/C15H18N2O2/c1-2-14-13(6-7-19-14)10-17-15(18)12-5-3-4-11(8-12)9-16/h3-5,8,13-14H,2,6-7,10H2,1H3,(H,17,18). The van der Waals surface area contributed by atoms with E-state index in [0.29, 0.717) is 23.6 Å². The van der Waals surface area contributed by atoms with Gasteiger partial charge in [0.05, 0.1) is 17.7 Å². The minimum Gasteiger partial charge on any atom is -0.378 e. The highest BCUT2D eigenvalue weighted by molar-refractivity contribution is 5.94. The molecule has 1 aromatic carbocycles. The second-order valence-electron chi connectivity index (χ2n) is 4.77. The summed E-state index contributed by atoms with van der Waals surface area (Å²) in [5.41, 5.74) is 1.04. The third-order valence-electron chi connectivity index (χ3n) is 3.53. The van der Waals surface area contributed by atoms with Crippen molar-refractivity contribution in [3.63, 3.8) is 0 Å². The second-order valence-corrected chi connectivity index (χ2v) is 4.77. The largest absolute Gasteiger partial charge is 0.378 e. The van der Waals surface area contributed by atoms with Crippen LogP contribution in [0.4, 0.5) is 0 Å². The molecular formula is C15H18N2O2. The molecule has 1 fully saturated rings. The van der Waals surface area contributed by atoms with Crippen LogP contribution in [0, 0.1) is 17.2 Å². The molecule has 1 N–H and O–H groups in total. The van der Waals surface area contributed by atoms with Crippen LogP contribution in [0.15, 0.2) is 24.3 Å². The summed E-state index contributed by atoms with van der Waals surface area (Å²) < 4.78 is 5.59. The zero-order valence-corrected chi connectivity index (χ0v) is 11.1. The zero-order valence-electron chi connectivity index (χ0n) is 11.1. The summed E-state index contributed by atoms with van der Waals surface area (Å²) in [6, 6.07) is 8.78. The lowest BCUT2D eigenvalue weighted by Gasteiger charge is -2.17. The molecule has 1 heterocycles. The number of benzene rings is 1. The minimum atomic E-state index is -0.126. The van der Waals surface area contributed by atoms with E-state index in [-0.39, 0.29) is 12.0 Å². The molecule has 1 amide bonds. The number of ether oxygens (including phenoxy) is 1. The molecule has 0 bridgehead atoms. The van der Waals surface area contributed by atoms with Gasteiger partial charge in [0.25, 0.3) is 5.91 Å². The maximum absolute atomic E-state index is 12.0. The maximum atomic E-state index is 12.0. The van der Waals surface area contributed by atoms with Crippen molar-refractivity contribution in [3.8, 4) is 6.07 Å². The summed E-state index contributed by atoms with van der Waals surface area (Å²) in [4.78, 5) is 12.0. The first-order valence-corrected chi connectivity index (χ1v) is 6.64.